The van der Waals surface area contributed by atoms with E-state index in [0.29, 0.717) is 29.3 Å². The molecule has 1 heterocycles. The average molecular weight is 401 g/mol. The fraction of sp³-hybridized carbons (Fsp3) is 0.150. The van der Waals surface area contributed by atoms with Crippen molar-refractivity contribution in [2.45, 2.75) is 6.92 Å². The van der Waals surface area contributed by atoms with E-state index in [1.807, 2.05) is 6.92 Å². The lowest BCUT2D eigenvalue weighted by molar-refractivity contribution is -0.120. The minimum atomic E-state index is -0.637. The first-order valence-corrected chi connectivity index (χ1v) is 8.81. The molecule has 0 atom stereocenters. The summed E-state index contributed by atoms with van der Waals surface area (Å²) in [6.07, 6.45) is 0. The number of esters is 1. The molecule has 0 spiro atoms. The number of hydrogen-bond donors (Lipinski definition) is 1. The molecule has 7 nitrogen and oxygen atoms in total. The molecule has 0 radical (unpaired) electrons. The Morgan fingerprint density at radius 3 is 2.46 bits per heavy atom. The van der Waals surface area contributed by atoms with Gasteiger partial charge in [-0.2, -0.15) is 0 Å². The average Bonchev–Trinajstić information content (AvgIpc) is 2.92. The molecule has 1 aliphatic rings. The lowest BCUT2D eigenvalue weighted by atomic mass is 10.2. The van der Waals surface area contributed by atoms with Crippen LogP contribution in [0.25, 0.3) is 0 Å². The van der Waals surface area contributed by atoms with E-state index in [4.69, 9.17) is 16.3 Å². The number of methoxy groups -OCH3 is 1. The van der Waals surface area contributed by atoms with Crippen LogP contribution in [0.15, 0.2) is 59.3 Å². The van der Waals surface area contributed by atoms with E-state index in [9.17, 15) is 14.4 Å². The van der Waals surface area contributed by atoms with Gasteiger partial charge in [-0.15, -0.1) is 0 Å². The molecular weight excluding hydrogens is 384 g/mol. The zero-order valence-electron chi connectivity index (χ0n) is 15.2. The second kappa shape index (κ2) is 8.14. The number of halogens is 1. The largest absolute Gasteiger partial charge is 0.494 e. The summed E-state index contributed by atoms with van der Waals surface area (Å²) in [7, 11) is 1.27. The van der Waals surface area contributed by atoms with Crippen LogP contribution in [0.1, 0.15) is 17.3 Å². The predicted molar refractivity (Wildman–Crippen MR) is 104 cm³/mol. The molecule has 0 aromatic heterocycles. The molecule has 0 saturated carbocycles. The molecule has 0 bridgehead atoms. The summed E-state index contributed by atoms with van der Waals surface area (Å²) < 4.78 is 10.0. The van der Waals surface area contributed by atoms with E-state index >= 15 is 0 Å². The highest BCUT2D eigenvalue weighted by Crippen LogP contribution is 2.31. The maximum atomic E-state index is 12.8. The number of carbonyl (C=O) groups is 3. The smallest absolute Gasteiger partial charge is 0.337 e. The van der Waals surface area contributed by atoms with Gasteiger partial charge in [-0.25, -0.2) is 9.69 Å². The molecule has 28 heavy (non-hydrogen) atoms. The number of anilines is 2. The molecule has 144 valence electrons. The first-order chi connectivity index (χ1) is 13.5. The topological polar surface area (TPSA) is 84.9 Å². The summed E-state index contributed by atoms with van der Waals surface area (Å²) in [4.78, 5) is 38.0. The Kier molecular flexibility index (Phi) is 5.65. The van der Waals surface area contributed by atoms with Crippen LogP contribution >= 0.6 is 11.6 Å². The molecule has 8 heteroatoms. The Morgan fingerprint density at radius 1 is 1.11 bits per heavy atom. The Bertz CT molecular complexity index is 969. The molecule has 2 aromatic rings. The Morgan fingerprint density at radius 2 is 1.82 bits per heavy atom. The molecule has 1 N–H and O–H groups in total. The van der Waals surface area contributed by atoms with E-state index < -0.39 is 17.8 Å². The minimum Gasteiger partial charge on any atom is -0.494 e. The maximum absolute atomic E-state index is 12.8. The number of hydrogen-bond acceptors (Lipinski definition) is 6. The van der Waals surface area contributed by atoms with Crippen molar-refractivity contribution in [1.29, 1.82) is 0 Å². The fourth-order valence-electron chi connectivity index (χ4n) is 2.69. The maximum Gasteiger partial charge on any atom is 0.337 e. The van der Waals surface area contributed by atoms with E-state index in [0.717, 1.165) is 4.90 Å². The van der Waals surface area contributed by atoms with E-state index in [1.165, 1.54) is 13.2 Å². The number of imide groups is 1. The second-order valence-electron chi connectivity index (χ2n) is 5.76. The van der Waals surface area contributed by atoms with Gasteiger partial charge < -0.3 is 14.8 Å². The van der Waals surface area contributed by atoms with Crippen LogP contribution in [0.2, 0.25) is 0 Å². The van der Waals surface area contributed by atoms with Crippen molar-refractivity contribution in [3.8, 4) is 5.75 Å². The third-order valence-corrected chi connectivity index (χ3v) is 4.34. The van der Waals surface area contributed by atoms with Crippen LogP contribution in [-0.2, 0) is 14.3 Å². The van der Waals surface area contributed by atoms with Crippen molar-refractivity contribution in [2.24, 2.45) is 0 Å². The van der Waals surface area contributed by atoms with Crippen LogP contribution in [0.3, 0.4) is 0 Å². The van der Waals surface area contributed by atoms with Crippen LogP contribution in [0, 0.1) is 0 Å². The number of nitrogens with zero attached hydrogens (tertiary/aromatic N) is 1. The summed E-state index contributed by atoms with van der Waals surface area (Å²) >= 11 is 6.12. The van der Waals surface area contributed by atoms with Gasteiger partial charge in [-0.05, 0) is 49.4 Å². The van der Waals surface area contributed by atoms with E-state index in [2.05, 4.69) is 10.1 Å². The fourth-order valence-corrected chi connectivity index (χ4v) is 2.90. The van der Waals surface area contributed by atoms with Crippen molar-refractivity contribution in [3.05, 3.63) is 64.8 Å². The molecule has 2 amide bonds. The number of nitrogens with one attached hydrogen (secondary N) is 1. The Labute approximate surface area is 166 Å². The summed E-state index contributed by atoms with van der Waals surface area (Å²) in [5.74, 6) is -1.12. The molecule has 0 unspecified atom stereocenters. The summed E-state index contributed by atoms with van der Waals surface area (Å²) in [5.41, 5.74) is 1.02. The number of benzene rings is 2. The van der Waals surface area contributed by atoms with Crippen LogP contribution < -0.4 is 15.0 Å². The van der Waals surface area contributed by atoms with Crippen molar-refractivity contribution >= 4 is 40.8 Å². The van der Waals surface area contributed by atoms with Gasteiger partial charge >= 0.3 is 5.97 Å². The molecule has 3 rings (SSSR count). The third-order valence-electron chi connectivity index (χ3n) is 3.99. The highest BCUT2D eigenvalue weighted by Gasteiger charge is 2.39. The summed E-state index contributed by atoms with van der Waals surface area (Å²) in [6, 6.07) is 12.9. The van der Waals surface area contributed by atoms with Gasteiger partial charge in [0.1, 0.15) is 16.5 Å². The van der Waals surface area contributed by atoms with Crippen LogP contribution in [0.5, 0.6) is 5.75 Å². The molecule has 0 saturated heterocycles. The SMILES string of the molecule is CCOc1ccc(N2C(=O)C(Cl)=C(Nc3cccc(C(=O)OC)c3)C2=O)cc1. The van der Waals surface area contributed by atoms with E-state index in [-0.39, 0.29) is 10.7 Å². The van der Waals surface area contributed by atoms with Gasteiger partial charge in [-0.1, -0.05) is 17.7 Å². The van der Waals surface area contributed by atoms with Crippen molar-refractivity contribution in [2.75, 3.05) is 23.9 Å². The third kappa shape index (κ3) is 3.70. The summed E-state index contributed by atoms with van der Waals surface area (Å²) in [5, 5.41) is 2.59. The highest BCUT2D eigenvalue weighted by atomic mass is 35.5. The first-order valence-electron chi connectivity index (χ1n) is 8.43. The van der Waals surface area contributed by atoms with Crippen molar-refractivity contribution in [3.63, 3.8) is 0 Å². The van der Waals surface area contributed by atoms with Gasteiger partial charge in [0, 0.05) is 5.69 Å². The molecule has 2 aromatic carbocycles. The monoisotopic (exact) mass is 400 g/mol. The molecule has 0 fully saturated rings. The number of carbonyl (C=O) groups excluding carboxylic acids is 3. The number of rotatable bonds is 6. The quantitative estimate of drug-likeness (QED) is 0.591. The van der Waals surface area contributed by atoms with Gasteiger partial charge in [0.25, 0.3) is 11.8 Å². The Balaban J connectivity index is 1.84. The first kappa shape index (κ1) is 19.4. The predicted octanol–water partition coefficient (Wildman–Crippen LogP) is 3.31. The van der Waals surface area contributed by atoms with Gasteiger partial charge in [0.05, 0.1) is 25.0 Å². The zero-order valence-corrected chi connectivity index (χ0v) is 15.9. The van der Waals surface area contributed by atoms with Gasteiger partial charge in [0.15, 0.2) is 0 Å². The number of amides is 2. The lowest BCUT2D eigenvalue weighted by Crippen LogP contribution is -2.32. The van der Waals surface area contributed by atoms with Crippen LogP contribution in [0.4, 0.5) is 11.4 Å². The number of ether oxygens (including phenoxy) is 2. The standard InChI is InChI=1S/C20H17ClN2O5/c1-3-28-15-9-7-14(8-10-15)23-18(24)16(21)17(19(23)25)22-13-6-4-5-12(11-13)20(26)27-2/h4-11,22H,3H2,1-2H3. The van der Waals surface area contributed by atoms with Crippen molar-refractivity contribution in [1.82, 2.24) is 0 Å². The normalized spacial score (nSPS) is 13.8. The molecular formula is C20H17ClN2O5. The van der Waals surface area contributed by atoms with Gasteiger partial charge in [-0.3, -0.25) is 9.59 Å². The Hall–Kier alpha value is -3.32. The van der Waals surface area contributed by atoms with Crippen LogP contribution in [-0.4, -0.2) is 31.5 Å². The second-order valence-corrected chi connectivity index (χ2v) is 6.14. The van der Waals surface area contributed by atoms with Crippen molar-refractivity contribution < 1.29 is 23.9 Å². The molecule has 1 aliphatic heterocycles. The lowest BCUT2D eigenvalue weighted by Gasteiger charge is -2.15. The molecule has 0 aliphatic carbocycles. The highest BCUT2D eigenvalue weighted by molar-refractivity contribution is 6.53. The summed E-state index contributed by atoms with van der Waals surface area (Å²) in [6.45, 7) is 2.37. The van der Waals surface area contributed by atoms with Gasteiger partial charge in [0.2, 0.25) is 0 Å². The zero-order chi connectivity index (χ0) is 20.3. The minimum absolute atomic E-state index is 0.0671. The van der Waals surface area contributed by atoms with E-state index in [1.54, 1.807) is 42.5 Å².